The van der Waals surface area contributed by atoms with Gasteiger partial charge in [-0.05, 0) is 24.3 Å². The van der Waals surface area contributed by atoms with Crippen LogP contribution in [0.1, 0.15) is 28.8 Å². The number of ether oxygens (including phenoxy) is 2. The molecule has 0 amide bonds. The molecule has 0 radical (unpaired) electrons. The van der Waals surface area contributed by atoms with E-state index < -0.39 is 17.6 Å². The number of benzene rings is 2. The second-order valence-electron chi connectivity index (χ2n) is 5.48. The van der Waals surface area contributed by atoms with Crippen molar-refractivity contribution >= 4 is 33.3 Å². The van der Waals surface area contributed by atoms with Crippen molar-refractivity contribution < 1.29 is 23.0 Å². The van der Waals surface area contributed by atoms with Gasteiger partial charge in [0.25, 0.3) is 0 Å². The quantitative estimate of drug-likeness (QED) is 0.758. The van der Waals surface area contributed by atoms with Crippen molar-refractivity contribution in [1.82, 2.24) is 0 Å². The molecule has 4 nitrogen and oxygen atoms in total. The average molecular weight is 398 g/mol. The highest BCUT2D eigenvalue weighted by Crippen LogP contribution is 2.42. The fourth-order valence-corrected chi connectivity index (χ4v) is 2.91. The lowest BCUT2D eigenvalue weighted by molar-refractivity contribution is 0.0601. The van der Waals surface area contributed by atoms with Crippen LogP contribution >= 0.6 is 15.9 Å². The molecule has 1 aliphatic rings. The van der Waals surface area contributed by atoms with Gasteiger partial charge in [-0.2, -0.15) is 0 Å². The molecule has 2 aromatic carbocycles. The first-order chi connectivity index (χ1) is 11.4. The van der Waals surface area contributed by atoms with Crippen molar-refractivity contribution in [2.45, 2.75) is 12.8 Å². The van der Waals surface area contributed by atoms with Gasteiger partial charge < -0.3 is 14.8 Å². The average Bonchev–Trinajstić information content (AvgIpc) is 2.92. The second kappa shape index (κ2) is 6.39. The lowest BCUT2D eigenvalue weighted by Crippen LogP contribution is -2.09. The van der Waals surface area contributed by atoms with E-state index in [1.807, 2.05) is 6.92 Å². The summed E-state index contributed by atoms with van der Waals surface area (Å²) < 4.78 is 39.6. The Morgan fingerprint density at radius 2 is 2.12 bits per heavy atom. The van der Waals surface area contributed by atoms with Crippen LogP contribution in [0.15, 0.2) is 28.7 Å². The summed E-state index contributed by atoms with van der Waals surface area (Å²) in [6.07, 6.45) is 0. The number of hydrogen-bond acceptors (Lipinski definition) is 4. The van der Waals surface area contributed by atoms with E-state index in [0.29, 0.717) is 16.6 Å². The van der Waals surface area contributed by atoms with E-state index in [0.717, 1.165) is 0 Å². The molecule has 1 N–H and O–H groups in total. The summed E-state index contributed by atoms with van der Waals surface area (Å²) in [6.45, 7) is 2.19. The van der Waals surface area contributed by atoms with Crippen molar-refractivity contribution in [3.63, 3.8) is 0 Å². The maximum absolute atomic E-state index is 14.9. The van der Waals surface area contributed by atoms with Crippen LogP contribution in [0.2, 0.25) is 0 Å². The largest absolute Gasteiger partial charge is 0.489 e. The monoisotopic (exact) mass is 397 g/mol. The summed E-state index contributed by atoms with van der Waals surface area (Å²) in [6, 6.07) is 5.81. The van der Waals surface area contributed by atoms with Gasteiger partial charge in [-0.3, -0.25) is 0 Å². The van der Waals surface area contributed by atoms with Gasteiger partial charge in [0.15, 0.2) is 11.6 Å². The third kappa shape index (κ3) is 2.84. The van der Waals surface area contributed by atoms with E-state index in [-0.39, 0.29) is 28.6 Å². The fourth-order valence-electron chi connectivity index (χ4n) is 2.58. The number of carbonyl (C=O) groups is 1. The van der Waals surface area contributed by atoms with E-state index in [4.69, 9.17) is 9.47 Å². The van der Waals surface area contributed by atoms with Gasteiger partial charge in [-0.1, -0.05) is 22.9 Å². The van der Waals surface area contributed by atoms with Gasteiger partial charge in [0.05, 0.1) is 30.7 Å². The van der Waals surface area contributed by atoms with Crippen LogP contribution in [-0.4, -0.2) is 19.7 Å². The van der Waals surface area contributed by atoms with Gasteiger partial charge in [0.1, 0.15) is 5.82 Å². The fraction of sp³-hybridized carbons (Fsp3) is 0.235. The Kier molecular flexibility index (Phi) is 4.45. The number of fused-ring (bicyclic) bond motifs is 1. The van der Waals surface area contributed by atoms with E-state index in [9.17, 15) is 13.6 Å². The molecule has 1 atom stereocenters. The zero-order valence-electron chi connectivity index (χ0n) is 13.0. The van der Waals surface area contributed by atoms with E-state index in [2.05, 4.69) is 21.2 Å². The first kappa shape index (κ1) is 16.7. The Bertz CT molecular complexity index is 826. The van der Waals surface area contributed by atoms with Crippen molar-refractivity contribution in [3.05, 3.63) is 51.5 Å². The zero-order chi connectivity index (χ0) is 17.4. The summed E-state index contributed by atoms with van der Waals surface area (Å²) >= 11 is 3.16. The molecule has 126 valence electrons. The van der Waals surface area contributed by atoms with Crippen molar-refractivity contribution in [1.29, 1.82) is 0 Å². The topological polar surface area (TPSA) is 47.6 Å². The Morgan fingerprint density at radius 3 is 2.79 bits per heavy atom. The highest BCUT2D eigenvalue weighted by molar-refractivity contribution is 9.10. The number of hydrogen-bond donors (Lipinski definition) is 1. The Labute approximate surface area is 145 Å². The van der Waals surface area contributed by atoms with Crippen molar-refractivity contribution in [2.75, 3.05) is 19.0 Å². The Morgan fingerprint density at radius 1 is 1.38 bits per heavy atom. The number of halogens is 3. The Hall–Kier alpha value is -2.15. The SMILES string of the molecule is COC(=O)c1cc2c(c(F)c1Nc1ccc(Br)cc1F)OCC2C. The molecule has 0 aliphatic carbocycles. The molecule has 0 saturated carbocycles. The molecular formula is C17H14BrF2NO3. The number of anilines is 2. The predicted octanol–water partition coefficient (Wildman–Crippen LogP) is 4.75. The normalized spacial score (nSPS) is 15.6. The number of methoxy groups -OCH3 is 1. The summed E-state index contributed by atoms with van der Waals surface area (Å²) in [4.78, 5) is 12.1. The van der Waals surface area contributed by atoms with Gasteiger partial charge in [-0.25, -0.2) is 13.6 Å². The van der Waals surface area contributed by atoms with Crippen LogP contribution in [-0.2, 0) is 4.74 Å². The lowest BCUT2D eigenvalue weighted by Gasteiger charge is -2.15. The molecule has 24 heavy (non-hydrogen) atoms. The molecule has 1 aliphatic heterocycles. The second-order valence-corrected chi connectivity index (χ2v) is 6.40. The number of esters is 1. The van der Waals surface area contributed by atoms with Crippen molar-refractivity contribution in [2.24, 2.45) is 0 Å². The molecule has 7 heteroatoms. The van der Waals surface area contributed by atoms with Crippen LogP contribution in [0.25, 0.3) is 0 Å². The minimum absolute atomic E-state index is 0.00609. The smallest absolute Gasteiger partial charge is 0.340 e. The van der Waals surface area contributed by atoms with Crippen LogP contribution in [0.3, 0.4) is 0 Å². The van der Waals surface area contributed by atoms with E-state index >= 15 is 0 Å². The highest BCUT2D eigenvalue weighted by Gasteiger charge is 2.30. The van der Waals surface area contributed by atoms with Crippen LogP contribution in [0, 0.1) is 11.6 Å². The van der Waals surface area contributed by atoms with Crippen LogP contribution < -0.4 is 10.1 Å². The minimum atomic E-state index is -0.737. The summed E-state index contributed by atoms with van der Waals surface area (Å²) in [5.41, 5.74) is 0.451. The maximum atomic E-state index is 14.9. The lowest BCUT2D eigenvalue weighted by atomic mass is 9.99. The highest BCUT2D eigenvalue weighted by atomic mass is 79.9. The van der Waals surface area contributed by atoms with E-state index in [1.54, 1.807) is 6.07 Å². The van der Waals surface area contributed by atoms with Crippen molar-refractivity contribution in [3.8, 4) is 5.75 Å². The number of nitrogens with one attached hydrogen (secondary N) is 1. The Balaban J connectivity index is 2.13. The third-order valence-electron chi connectivity index (χ3n) is 3.85. The third-order valence-corrected chi connectivity index (χ3v) is 4.35. The van der Waals surface area contributed by atoms with Crippen LogP contribution in [0.4, 0.5) is 20.2 Å². The van der Waals surface area contributed by atoms with Crippen LogP contribution in [0.5, 0.6) is 5.75 Å². The molecule has 2 aromatic rings. The summed E-state index contributed by atoms with van der Waals surface area (Å²) in [5, 5.41) is 2.64. The summed E-state index contributed by atoms with van der Waals surface area (Å²) in [7, 11) is 1.21. The van der Waals surface area contributed by atoms with Gasteiger partial charge in [0, 0.05) is 16.0 Å². The molecular weight excluding hydrogens is 384 g/mol. The molecule has 0 spiro atoms. The molecule has 3 rings (SSSR count). The standard InChI is InChI=1S/C17H14BrF2NO3/c1-8-7-24-16-10(8)6-11(17(22)23-2)15(14(16)20)21-13-4-3-9(18)5-12(13)19/h3-6,8,21H,7H2,1-2H3. The van der Waals surface area contributed by atoms with Gasteiger partial charge >= 0.3 is 5.97 Å². The first-order valence-corrected chi connectivity index (χ1v) is 8.01. The zero-order valence-corrected chi connectivity index (χ0v) is 14.5. The molecule has 0 bridgehead atoms. The molecule has 0 saturated heterocycles. The maximum Gasteiger partial charge on any atom is 0.340 e. The van der Waals surface area contributed by atoms with E-state index in [1.165, 1.54) is 25.3 Å². The predicted molar refractivity (Wildman–Crippen MR) is 89.0 cm³/mol. The van der Waals surface area contributed by atoms with Gasteiger partial charge in [0.2, 0.25) is 0 Å². The molecule has 1 heterocycles. The number of carbonyl (C=O) groups excluding carboxylic acids is 1. The van der Waals surface area contributed by atoms with Gasteiger partial charge in [-0.15, -0.1) is 0 Å². The molecule has 0 aromatic heterocycles. The first-order valence-electron chi connectivity index (χ1n) is 7.22. The minimum Gasteiger partial charge on any atom is -0.489 e. The number of rotatable bonds is 3. The summed E-state index contributed by atoms with van der Waals surface area (Å²) in [5.74, 6) is -2.00. The molecule has 0 fully saturated rings. The molecule has 1 unspecified atom stereocenters.